The second-order valence-electron chi connectivity index (χ2n) is 8.37. The first kappa shape index (κ1) is 24.1. The van der Waals surface area contributed by atoms with Crippen LogP contribution in [0.15, 0.2) is 66.9 Å². The number of aromatic nitrogens is 1. The van der Waals surface area contributed by atoms with Crippen LogP contribution in [0.4, 0.5) is 4.79 Å². The van der Waals surface area contributed by atoms with Gasteiger partial charge in [0.05, 0.1) is 32.5 Å². The van der Waals surface area contributed by atoms with Gasteiger partial charge in [-0.3, -0.25) is 9.78 Å². The van der Waals surface area contributed by atoms with Gasteiger partial charge in [0, 0.05) is 12.7 Å². The van der Waals surface area contributed by atoms with Gasteiger partial charge in [-0.05, 0) is 54.3 Å². The fourth-order valence-electron chi connectivity index (χ4n) is 4.33. The van der Waals surface area contributed by atoms with Crippen LogP contribution in [-0.4, -0.2) is 48.6 Å². The first-order valence-corrected chi connectivity index (χ1v) is 11.6. The Labute approximate surface area is 205 Å². The lowest BCUT2D eigenvalue weighted by atomic mass is 9.88. The maximum atomic E-state index is 13.4. The summed E-state index contributed by atoms with van der Waals surface area (Å²) in [6.45, 7) is 2.47. The number of urea groups is 1. The molecule has 182 valence electrons. The van der Waals surface area contributed by atoms with Gasteiger partial charge in [-0.15, -0.1) is 0 Å². The molecule has 2 aromatic carbocycles. The molecule has 3 amide bonds. The Balaban J connectivity index is 1.55. The van der Waals surface area contributed by atoms with Crippen LogP contribution in [0.3, 0.4) is 0 Å². The van der Waals surface area contributed by atoms with Crippen LogP contribution in [0.1, 0.15) is 35.3 Å². The highest BCUT2D eigenvalue weighted by Crippen LogP contribution is 2.41. The largest absolute Gasteiger partial charge is 0.493 e. The number of rotatable bonds is 7. The third-order valence-corrected chi connectivity index (χ3v) is 6.15. The standard InChI is InChI=1S/C27H30N4O4/c1-18(26(32)29-17-21-11-7-8-13-28-21)30-27(33)31-14-12-20-15-23(34-2)24(35-3)16-22(20)25(31)19-9-5-4-6-10-19/h4-11,13,15-16,18,25H,12,14,17H2,1-3H3,(H,29,32)(H,30,33). The maximum absolute atomic E-state index is 13.4. The van der Waals surface area contributed by atoms with Crippen LogP contribution >= 0.6 is 0 Å². The maximum Gasteiger partial charge on any atom is 0.318 e. The molecule has 1 aromatic heterocycles. The summed E-state index contributed by atoms with van der Waals surface area (Å²) in [5.41, 5.74) is 3.80. The van der Waals surface area contributed by atoms with E-state index in [1.165, 1.54) is 0 Å². The van der Waals surface area contributed by atoms with Gasteiger partial charge in [-0.25, -0.2) is 4.79 Å². The molecule has 35 heavy (non-hydrogen) atoms. The third-order valence-electron chi connectivity index (χ3n) is 6.15. The molecular weight excluding hydrogens is 444 g/mol. The van der Waals surface area contributed by atoms with Crippen molar-refractivity contribution in [2.45, 2.75) is 32.0 Å². The first-order valence-electron chi connectivity index (χ1n) is 11.6. The molecule has 4 rings (SSSR count). The highest BCUT2D eigenvalue weighted by Gasteiger charge is 2.34. The summed E-state index contributed by atoms with van der Waals surface area (Å²) in [4.78, 5) is 32.0. The van der Waals surface area contributed by atoms with E-state index in [2.05, 4.69) is 15.6 Å². The minimum atomic E-state index is -0.713. The van der Waals surface area contributed by atoms with Crippen molar-refractivity contribution in [1.29, 1.82) is 0 Å². The van der Waals surface area contributed by atoms with Crippen LogP contribution in [0.2, 0.25) is 0 Å². The van der Waals surface area contributed by atoms with Crippen LogP contribution in [0, 0.1) is 0 Å². The fraction of sp³-hybridized carbons (Fsp3) is 0.296. The lowest BCUT2D eigenvalue weighted by Gasteiger charge is -2.38. The van der Waals surface area contributed by atoms with Crippen molar-refractivity contribution in [2.24, 2.45) is 0 Å². The van der Waals surface area contributed by atoms with E-state index in [9.17, 15) is 9.59 Å². The van der Waals surface area contributed by atoms with Gasteiger partial charge in [0.2, 0.25) is 5.91 Å². The lowest BCUT2D eigenvalue weighted by molar-refractivity contribution is -0.122. The molecule has 0 fully saturated rings. The number of benzene rings is 2. The second kappa shape index (κ2) is 10.9. The molecule has 2 atom stereocenters. The fourth-order valence-corrected chi connectivity index (χ4v) is 4.33. The minimum absolute atomic E-state index is 0.274. The summed E-state index contributed by atoms with van der Waals surface area (Å²) in [6, 6.07) is 17.9. The molecule has 0 aliphatic carbocycles. The van der Waals surface area contributed by atoms with Crippen molar-refractivity contribution in [1.82, 2.24) is 20.5 Å². The normalized spacial score (nSPS) is 15.5. The third kappa shape index (κ3) is 5.37. The average Bonchev–Trinajstić information content (AvgIpc) is 2.91. The van der Waals surface area contributed by atoms with Crippen molar-refractivity contribution >= 4 is 11.9 Å². The number of nitrogens with one attached hydrogen (secondary N) is 2. The zero-order valence-corrected chi connectivity index (χ0v) is 20.2. The van der Waals surface area contributed by atoms with Gasteiger partial charge < -0.3 is 25.0 Å². The molecule has 0 radical (unpaired) electrons. The molecule has 1 aliphatic heterocycles. The van der Waals surface area contributed by atoms with Crippen LogP contribution in [0.5, 0.6) is 11.5 Å². The highest BCUT2D eigenvalue weighted by molar-refractivity contribution is 5.87. The quantitative estimate of drug-likeness (QED) is 0.547. The van der Waals surface area contributed by atoms with Crippen molar-refractivity contribution in [2.75, 3.05) is 20.8 Å². The summed E-state index contributed by atoms with van der Waals surface area (Å²) in [5, 5.41) is 5.69. The van der Waals surface area contributed by atoms with Gasteiger partial charge in [-0.2, -0.15) is 0 Å². The van der Waals surface area contributed by atoms with Crippen molar-refractivity contribution in [3.8, 4) is 11.5 Å². The second-order valence-corrected chi connectivity index (χ2v) is 8.37. The number of methoxy groups -OCH3 is 2. The summed E-state index contributed by atoms with van der Waals surface area (Å²) in [5.74, 6) is 0.995. The molecule has 0 saturated carbocycles. The smallest absolute Gasteiger partial charge is 0.318 e. The van der Waals surface area contributed by atoms with Gasteiger partial charge in [0.25, 0.3) is 0 Å². The topological polar surface area (TPSA) is 92.8 Å². The first-order chi connectivity index (χ1) is 17.0. The zero-order valence-electron chi connectivity index (χ0n) is 20.2. The molecular formula is C27H30N4O4. The molecule has 3 aromatic rings. The van der Waals surface area contributed by atoms with Gasteiger partial charge in [0.15, 0.2) is 11.5 Å². The predicted molar refractivity (Wildman–Crippen MR) is 132 cm³/mol. The Morgan fingerprint density at radius 1 is 1.06 bits per heavy atom. The summed E-state index contributed by atoms with van der Waals surface area (Å²) in [6.07, 6.45) is 2.34. The van der Waals surface area contributed by atoms with E-state index in [1.807, 2.05) is 60.7 Å². The van der Waals surface area contributed by atoms with E-state index in [1.54, 1.807) is 32.2 Å². The van der Waals surface area contributed by atoms with E-state index in [0.717, 1.165) is 22.4 Å². The van der Waals surface area contributed by atoms with Crippen LogP contribution < -0.4 is 20.1 Å². The number of carbonyl (C=O) groups is 2. The summed E-state index contributed by atoms with van der Waals surface area (Å²) in [7, 11) is 3.21. The molecule has 0 saturated heterocycles. The molecule has 8 nitrogen and oxygen atoms in total. The number of amides is 3. The Morgan fingerprint density at radius 2 is 1.77 bits per heavy atom. The van der Waals surface area contributed by atoms with Gasteiger partial charge in [0.1, 0.15) is 6.04 Å². The van der Waals surface area contributed by atoms with Crippen LogP contribution in [0.25, 0.3) is 0 Å². The predicted octanol–water partition coefficient (Wildman–Crippen LogP) is 3.46. The Hall–Kier alpha value is -4.07. The highest BCUT2D eigenvalue weighted by atomic mass is 16.5. The molecule has 2 N–H and O–H groups in total. The zero-order chi connectivity index (χ0) is 24.8. The van der Waals surface area contributed by atoms with E-state index >= 15 is 0 Å². The number of fused-ring (bicyclic) bond motifs is 1. The van der Waals surface area contributed by atoms with E-state index in [-0.39, 0.29) is 18.0 Å². The van der Waals surface area contributed by atoms with Crippen molar-refractivity contribution in [3.63, 3.8) is 0 Å². The number of nitrogens with zero attached hydrogens (tertiary/aromatic N) is 2. The number of carbonyl (C=O) groups excluding carboxylic acids is 2. The average molecular weight is 475 g/mol. The number of pyridine rings is 1. The number of ether oxygens (including phenoxy) is 2. The van der Waals surface area contributed by atoms with Crippen molar-refractivity contribution in [3.05, 3.63) is 89.2 Å². The summed E-state index contributed by atoms with van der Waals surface area (Å²) >= 11 is 0. The monoisotopic (exact) mass is 474 g/mol. The van der Waals surface area contributed by atoms with Crippen molar-refractivity contribution < 1.29 is 19.1 Å². The lowest BCUT2D eigenvalue weighted by Crippen LogP contribution is -2.52. The van der Waals surface area contributed by atoms with E-state index in [4.69, 9.17) is 9.47 Å². The molecule has 2 heterocycles. The van der Waals surface area contributed by atoms with Gasteiger partial charge in [-0.1, -0.05) is 36.4 Å². The molecule has 0 bridgehead atoms. The minimum Gasteiger partial charge on any atom is -0.493 e. The summed E-state index contributed by atoms with van der Waals surface area (Å²) < 4.78 is 11.0. The number of hydrogen-bond donors (Lipinski definition) is 2. The SMILES string of the molecule is COc1cc2c(cc1OC)C(c1ccccc1)N(C(=O)NC(C)C(=O)NCc1ccccn1)CC2. The molecule has 0 spiro atoms. The molecule has 2 unspecified atom stereocenters. The van der Waals surface area contributed by atoms with E-state index in [0.29, 0.717) is 31.0 Å². The Kier molecular flexibility index (Phi) is 7.50. The van der Waals surface area contributed by atoms with Crippen LogP contribution in [-0.2, 0) is 17.8 Å². The van der Waals surface area contributed by atoms with E-state index < -0.39 is 6.04 Å². The van der Waals surface area contributed by atoms with Gasteiger partial charge >= 0.3 is 6.03 Å². The Bertz CT molecular complexity index is 1170. The number of hydrogen-bond acceptors (Lipinski definition) is 5. The molecule has 8 heteroatoms. The Morgan fingerprint density at radius 3 is 2.46 bits per heavy atom. The molecule has 1 aliphatic rings.